The van der Waals surface area contributed by atoms with E-state index in [9.17, 15) is 14.7 Å². The summed E-state index contributed by atoms with van der Waals surface area (Å²) in [5.74, 6) is -0.565. The van der Waals surface area contributed by atoms with Gasteiger partial charge in [0.15, 0.2) is 0 Å². The van der Waals surface area contributed by atoms with E-state index in [1.807, 2.05) is 25.1 Å². The number of rotatable bonds is 13. The molecular weight excluding hydrogens is 632 g/mol. The molecule has 0 aliphatic carbocycles. The Morgan fingerprint density at radius 1 is 1.09 bits per heavy atom. The number of benzene rings is 2. The maximum absolute atomic E-state index is 13.1. The third kappa shape index (κ3) is 7.36. The summed E-state index contributed by atoms with van der Waals surface area (Å²) in [7, 11) is 3.67. The highest BCUT2D eigenvalue weighted by Crippen LogP contribution is 2.45. The standard InChI is InChI=1S/C33H37ClN4O7S/c1-5-43-33(41)25(18-21-8-6-7-9-23(21)42-4)45-30-27-26(29(32(39)40)46-31(27)36-19-35-30)22-10-11-24(28(34)20(22)2)44-17-16-38-14-12-37(3)13-15-38/h6-11,19,25H,5,12-18H2,1-4H3,(H,39,40)/t25-/m1/s1. The van der Waals surface area contributed by atoms with Gasteiger partial charge in [-0.15, -0.1) is 11.3 Å². The minimum absolute atomic E-state index is 0.0423. The zero-order valence-corrected chi connectivity index (χ0v) is 27.8. The van der Waals surface area contributed by atoms with Crippen LogP contribution in [0.4, 0.5) is 0 Å². The number of hydrogen-bond donors (Lipinski definition) is 1. The van der Waals surface area contributed by atoms with Crippen LogP contribution in [0.3, 0.4) is 0 Å². The molecule has 1 atom stereocenters. The number of halogens is 1. The Labute approximate surface area is 276 Å². The van der Waals surface area contributed by atoms with Gasteiger partial charge in [-0.2, -0.15) is 0 Å². The van der Waals surface area contributed by atoms with Crippen molar-refractivity contribution in [3.63, 3.8) is 0 Å². The second-order valence-electron chi connectivity index (χ2n) is 10.9. The monoisotopic (exact) mass is 668 g/mol. The van der Waals surface area contributed by atoms with Crippen LogP contribution in [0.5, 0.6) is 17.4 Å². The second-order valence-corrected chi connectivity index (χ2v) is 12.3. The molecule has 0 spiro atoms. The number of ether oxygens (including phenoxy) is 4. The Morgan fingerprint density at radius 3 is 2.57 bits per heavy atom. The van der Waals surface area contributed by atoms with Gasteiger partial charge in [0.2, 0.25) is 12.0 Å². The molecule has 5 rings (SSSR count). The van der Waals surface area contributed by atoms with E-state index in [0.717, 1.165) is 49.6 Å². The Bertz CT molecular complexity index is 1710. The first-order valence-electron chi connectivity index (χ1n) is 15.0. The zero-order valence-electron chi connectivity index (χ0n) is 26.2. The molecule has 0 saturated carbocycles. The summed E-state index contributed by atoms with van der Waals surface area (Å²) in [6.45, 7) is 8.93. The lowest BCUT2D eigenvalue weighted by Gasteiger charge is -2.32. The van der Waals surface area contributed by atoms with Crippen molar-refractivity contribution in [3.05, 3.63) is 63.8 Å². The third-order valence-corrected chi connectivity index (χ3v) is 9.49. The van der Waals surface area contributed by atoms with Crippen molar-refractivity contribution in [2.24, 2.45) is 0 Å². The molecule has 1 N–H and O–H groups in total. The lowest BCUT2D eigenvalue weighted by atomic mass is 9.98. The molecule has 0 unspecified atom stereocenters. The van der Waals surface area contributed by atoms with Gasteiger partial charge in [-0.1, -0.05) is 35.9 Å². The third-order valence-electron chi connectivity index (χ3n) is 7.93. The second kappa shape index (κ2) is 15.1. The van der Waals surface area contributed by atoms with Gasteiger partial charge in [0.1, 0.15) is 34.1 Å². The molecule has 46 heavy (non-hydrogen) atoms. The quantitative estimate of drug-likeness (QED) is 0.189. The van der Waals surface area contributed by atoms with Gasteiger partial charge >= 0.3 is 11.9 Å². The predicted octanol–water partition coefficient (Wildman–Crippen LogP) is 5.21. The van der Waals surface area contributed by atoms with E-state index in [1.54, 1.807) is 32.2 Å². The Hall–Kier alpha value is -3.97. The highest BCUT2D eigenvalue weighted by Gasteiger charge is 2.30. The summed E-state index contributed by atoms with van der Waals surface area (Å²) in [5, 5.41) is 11.0. The van der Waals surface area contributed by atoms with Gasteiger partial charge < -0.3 is 29.0 Å². The molecule has 1 aliphatic heterocycles. The number of carbonyl (C=O) groups excluding carboxylic acids is 1. The number of carboxylic acids is 1. The number of para-hydroxylation sites is 1. The molecule has 0 bridgehead atoms. The summed E-state index contributed by atoms with van der Waals surface area (Å²) in [6.07, 6.45) is 0.313. The lowest BCUT2D eigenvalue weighted by molar-refractivity contribution is -0.151. The van der Waals surface area contributed by atoms with Crippen LogP contribution >= 0.6 is 22.9 Å². The van der Waals surface area contributed by atoms with Gasteiger partial charge in [-0.25, -0.2) is 19.6 Å². The number of carbonyl (C=O) groups is 2. The van der Waals surface area contributed by atoms with Crippen molar-refractivity contribution in [2.45, 2.75) is 26.4 Å². The van der Waals surface area contributed by atoms with Crippen LogP contribution in [0.1, 0.15) is 27.7 Å². The summed E-state index contributed by atoms with van der Waals surface area (Å²) in [4.78, 5) is 39.5. The molecule has 0 amide bonds. The summed E-state index contributed by atoms with van der Waals surface area (Å²) < 4.78 is 23.2. The summed E-state index contributed by atoms with van der Waals surface area (Å²) in [5.41, 5.74) is 2.28. The van der Waals surface area contributed by atoms with Gasteiger partial charge in [0.05, 0.1) is 24.1 Å². The van der Waals surface area contributed by atoms with Gasteiger partial charge in [-0.05, 0) is 49.7 Å². The molecule has 244 valence electrons. The van der Waals surface area contributed by atoms with E-state index in [-0.39, 0.29) is 23.8 Å². The molecule has 13 heteroatoms. The van der Waals surface area contributed by atoms with E-state index >= 15 is 0 Å². The molecular formula is C33H37ClN4O7S. The highest BCUT2D eigenvalue weighted by molar-refractivity contribution is 7.21. The van der Waals surface area contributed by atoms with Crippen molar-refractivity contribution in [1.29, 1.82) is 0 Å². The normalized spacial score (nSPS) is 14.6. The molecule has 1 fully saturated rings. The van der Waals surface area contributed by atoms with Gasteiger partial charge in [-0.3, -0.25) is 4.90 Å². The minimum atomic E-state index is -1.14. The molecule has 3 heterocycles. The van der Waals surface area contributed by atoms with Crippen LogP contribution in [0.2, 0.25) is 5.02 Å². The van der Waals surface area contributed by atoms with Crippen molar-refractivity contribution in [3.8, 4) is 28.5 Å². The fourth-order valence-electron chi connectivity index (χ4n) is 5.42. The van der Waals surface area contributed by atoms with Gasteiger partial charge in [0.25, 0.3) is 0 Å². The highest BCUT2D eigenvalue weighted by atomic mass is 35.5. The van der Waals surface area contributed by atoms with Crippen molar-refractivity contribution in [1.82, 2.24) is 19.8 Å². The average molecular weight is 669 g/mol. The number of piperazine rings is 1. The number of fused-ring (bicyclic) bond motifs is 1. The maximum atomic E-state index is 13.1. The molecule has 2 aromatic carbocycles. The van der Waals surface area contributed by atoms with E-state index in [1.165, 1.54) is 6.33 Å². The maximum Gasteiger partial charge on any atom is 0.347 e. The first kappa shape index (κ1) is 33.4. The fraction of sp³-hybridized carbons (Fsp3) is 0.394. The fourth-order valence-corrected chi connectivity index (χ4v) is 6.62. The van der Waals surface area contributed by atoms with Gasteiger partial charge in [0, 0.05) is 44.7 Å². The predicted molar refractivity (Wildman–Crippen MR) is 177 cm³/mol. The molecule has 1 aliphatic rings. The zero-order chi connectivity index (χ0) is 32.8. The number of carboxylic acid groups (broad SMARTS) is 1. The summed E-state index contributed by atoms with van der Waals surface area (Å²) >= 11 is 7.83. The van der Waals surface area contributed by atoms with Crippen LogP contribution in [-0.4, -0.2) is 103 Å². The van der Waals surface area contributed by atoms with E-state index in [4.69, 9.17) is 30.5 Å². The molecule has 0 radical (unpaired) electrons. The van der Waals surface area contributed by atoms with E-state index in [2.05, 4.69) is 26.8 Å². The smallest absolute Gasteiger partial charge is 0.347 e. The van der Waals surface area contributed by atoms with Crippen LogP contribution in [0.25, 0.3) is 21.3 Å². The van der Waals surface area contributed by atoms with Crippen LogP contribution < -0.4 is 14.2 Å². The number of aromatic carboxylic acids is 1. The minimum Gasteiger partial charge on any atom is -0.496 e. The SMILES string of the molecule is CCOC(=O)[C@@H](Cc1ccccc1OC)Oc1ncnc2sc(C(=O)O)c(-c3ccc(OCCN4CCN(C)CC4)c(Cl)c3C)c12. The van der Waals surface area contributed by atoms with E-state index in [0.29, 0.717) is 50.0 Å². The first-order valence-corrected chi connectivity index (χ1v) is 16.2. The lowest BCUT2D eigenvalue weighted by Crippen LogP contribution is -2.45. The number of nitrogens with zero attached hydrogens (tertiary/aromatic N) is 4. The number of hydrogen-bond acceptors (Lipinski definition) is 11. The first-order chi connectivity index (χ1) is 22.2. The van der Waals surface area contributed by atoms with Crippen LogP contribution in [0, 0.1) is 6.92 Å². The van der Waals surface area contributed by atoms with Crippen molar-refractivity contribution >= 4 is 45.1 Å². The average Bonchev–Trinajstić information content (AvgIpc) is 3.45. The number of thiophene rings is 1. The molecule has 4 aromatic rings. The number of aromatic nitrogens is 2. The van der Waals surface area contributed by atoms with Crippen molar-refractivity contribution < 1.29 is 33.6 Å². The van der Waals surface area contributed by atoms with Crippen molar-refractivity contribution in [2.75, 3.05) is 60.1 Å². The summed E-state index contributed by atoms with van der Waals surface area (Å²) in [6, 6.07) is 10.8. The van der Waals surface area contributed by atoms with E-state index < -0.39 is 18.0 Å². The largest absolute Gasteiger partial charge is 0.496 e. The Balaban J connectivity index is 1.49. The number of likely N-dealkylation sites (N-methyl/N-ethyl adjacent to an activating group) is 1. The number of esters is 1. The topological polar surface area (TPSA) is 124 Å². The van der Waals surface area contributed by atoms with Crippen LogP contribution in [0.15, 0.2) is 42.7 Å². The molecule has 11 nitrogen and oxygen atoms in total. The van der Waals surface area contributed by atoms with Crippen LogP contribution in [-0.2, 0) is 16.0 Å². The Kier molecular flexibility index (Phi) is 10.9. The molecule has 1 saturated heterocycles. The Morgan fingerprint density at radius 2 is 1.85 bits per heavy atom. The number of methoxy groups -OCH3 is 1. The molecule has 2 aromatic heterocycles.